The van der Waals surface area contributed by atoms with Gasteiger partial charge in [0.25, 0.3) is 0 Å². The van der Waals surface area contributed by atoms with E-state index in [1.807, 2.05) is 36.4 Å². The number of aromatic nitrogens is 3. The van der Waals surface area contributed by atoms with E-state index in [-0.39, 0.29) is 0 Å². The van der Waals surface area contributed by atoms with Crippen LogP contribution in [0.1, 0.15) is 0 Å². The van der Waals surface area contributed by atoms with Gasteiger partial charge in [-0.25, -0.2) is 15.0 Å². The maximum absolute atomic E-state index is 6.33. The molecule has 0 aliphatic carbocycles. The Balaban J connectivity index is 1.25. The fourth-order valence-corrected chi connectivity index (χ4v) is 6.55. The van der Waals surface area contributed by atoms with Gasteiger partial charge >= 0.3 is 0 Å². The van der Waals surface area contributed by atoms with Crippen molar-refractivity contribution in [3.63, 3.8) is 0 Å². The molecule has 0 radical (unpaired) electrons. The SMILES string of the molecule is c1ccc(-c2ccc(-c3nc(-c4ccc(-c5ccccc5)cc4)nc(-c4ccc5oc6ccccc6c5c4-c4ccccc4)n3)cc2)cc1. The second kappa shape index (κ2) is 12.2. The van der Waals surface area contributed by atoms with E-state index in [9.17, 15) is 0 Å². The normalized spacial score (nSPS) is 11.3. The summed E-state index contributed by atoms with van der Waals surface area (Å²) < 4.78 is 6.33. The van der Waals surface area contributed by atoms with Gasteiger partial charge in [-0.1, -0.05) is 158 Å². The molecule has 0 amide bonds. The van der Waals surface area contributed by atoms with Crippen molar-refractivity contribution in [2.45, 2.75) is 0 Å². The van der Waals surface area contributed by atoms with Crippen LogP contribution in [-0.2, 0) is 0 Å². The molecule has 0 bridgehead atoms. The van der Waals surface area contributed by atoms with Crippen LogP contribution in [0.5, 0.6) is 0 Å². The smallest absolute Gasteiger partial charge is 0.164 e. The monoisotopic (exact) mass is 627 g/mol. The minimum Gasteiger partial charge on any atom is -0.456 e. The lowest BCUT2D eigenvalue weighted by Gasteiger charge is -2.14. The van der Waals surface area contributed by atoms with E-state index in [4.69, 9.17) is 19.4 Å². The Morgan fingerprint density at radius 3 is 1.29 bits per heavy atom. The first-order valence-electron chi connectivity index (χ1n) is 16.4. The van der Waals surface area contributed by atoms with Crippen molar-refractivity contribution in [3.8, 4) is 67.5 Å². The van der Waals surface area contributed by atoms with Crippen molar-refractivity contribution in [2.75, 3.05) is 0 Å². The molecule has 0 fully saturated rings. The molecule has 0 atom stereocenters. The number of hydrogen-bond donors (Lipinski definition) is 0. The summed E-state index contributed by atoms with van der Waals surface area (Å²) in [6, 6.07) is 60.4. The molecule has 4 nitrogen and oxygen atoms in total. The molecule has 49 heavy (non-hydrogen) atoms. The van der Waals surface area contributed by atoms with Gasteiger partial charge in [0.05, 0.1) is 0 Å². The van der Waals surface area contributed by atoms with Gasteiger partial charge in [-0.15, -0.1) is 0 Å². The Bertz CT molecular complexity index is 2460. The summed E-state index contributed by atoms with van der Waals surface area (Å²) in [5, 5.41) is 2.10. The van der Waals surface area contributed by atoms with Gasteiger partial charge in [0.1, 0.15) is 11.2 Å². The van der Waals surface area contributed by atoms with Crippen molar-refractivity contribution in [3.05, 3.63) is 176 Å². The molecule has 9 rings (SSSR count). The summed E-state index contributed by atoms with van der Waals surface area (Å²) in [5.41, 5.74) is 11.1. The van der Waals surface area contributed by atoms with E-state index in [2.05, 4.69) is 140 Å². The van der Waals surface area contributed by atoms with E-state index < -0.39 is 0 Å². The Kier molecular flexibility index (Phi) is 7.10. The first-order chi connectivity index (χ1) is 24.3. The van der Waals surface area contributed by atoms with Gasteiger partial charge in [-0.05, 0) is 46.0 Å². The van der Waals surface area contributed by atoms with E-state index in [0.29, 0.717) is 17.5 Å². The Hall–Kier alpha value is -6.65. The van der Waals surface area contributed by atoms with Crippen LogP contribution in [0, 0.1) is 0 Å². The highest BCUT2D eigenvalue weighted by molar-refractivity contribution is 6.15. The van der Waals surface area contributed by atoms with Crippen LogP contribution in [0.2, 0.25) is 0 Å². The Labute approximate surface area is 284 Å². The quantitative estimate of drug-likeness (QED) is 0.184. The largest absolute Gasteiger partial charge is 0.456 e. The molecule has 2 heterocycles. The van der Waals surface area contributed by atoms with Crippen molar-refractivity contribution < 1.29 is 4.42 Å². The highest BCUT2D eigenvalue weighted by atomic mass is 16.3. The lowest BCUT2D eigenvalue weighted by molar-refractivity contribution is 0.669. The van der Waals surface area contributed by atoms with E-state index in [0.717, 1.165) is 72.0 Å². The molecule has 0 saturated carbocycles. The van der Waals surface area contributed by atoms with Crippen molar-refractivity contribution >= 4 is 21.9 Å². The maximum Gasteiger partial charge on any atom is 0.164 e. The molecule has 230 valence electrons. The minimum atomic E-state index is 0.602. The molecule has 0 saturated heterocycles. The zero-order chi connectivity index (χ0) is 32.6. The molecule has 2 aromatic heterocycles. The number of furan rings is 1. The second-order valence-electron chi connectivity index (χ2n) is 12.0. The molecule has 0 unspecified atom stereocenters. The lowest BCUT2D eigenvalue weighted by Crippen LogP contribution is -2.01. The summed E-state index contributed by atoms with van der Waals surface area (Å²) in [4.78, 5) is 15.4. The molecule has 0 aliphatic rings. The molecule has 7 aromatic carbocycles. The molecule has 9 aromatic rings. The van der Waals surface area contributed by atoms with Gasteiger partial charge in [0.15, 0.2) is 17.5 Å². The number of benzene rings is 7. The first-order valence-corrected chi connectivity index (χ1v) is 16.4. The summed E-state index contributed by atoms with van der Waals surface area (Å²) >= 11 is 0. The van der Waals surface area contributed by atoms with Crippen molar-refractivity contribution in [2.24, 2.45) is 0 Å². The third kappa shape index (κ3) is 5.35. The highest BCUT2D eigenvalue weighted by Gasteiger charge is 2.21. The molecular weight excluding hydrogens is 599 g/mol. The number of para-hydroxylation sites is 1. The summed E-state index contributed by atoms with van der Waals surface area (Å²) in [7, 11) is 0. The number of rotatable bonds is 6. The third-order valence-corrected chi connectivity index (χ3v) is 8.98. The zero-order valence-electron chi connectivity index (χ0n) is 26.5. The van der Waals surface area contributed by atoms with Crippen LogP contribution in [0.25, 0.3) is 89.5 Å². The van der Waals surface area contributed by atoms with Gasteiger partial charge in [0, 0.05) is 33.0 Å². The van der Waals surface area contributed by atoms with E-state index >= 15 is 0 Å². The fourth-order valence-electron chi connectivity index (χ4n) is 6.55. The Morgan fingerprint density at radius 2 is 0.735 bits per heavy atom. The third-order valence-electron chi connectivity index (χ3n) is 8.98. The zero-order valence-corrected chi connectivity index (χ0v) is 26.5. The van der Waals surface area contributed by atoms with E-state index in [1.165, 1.54) is 0 Å². The molecule has 4 heteroatoms. The van der Waals surface area contributed by atoms with Crippen LogP contribution in [-0.4, -0.2) is 15.0 Å². The second-order valence-corrected chi connectivity index (χ2v) is 12.0. The topological polar surface area (TPSA) is 51.8 Å². The highest BCUT2D eigenvalue weighted by Crippen LogP contribution is 2.42. The maximum atomic E-state index is 6.33. The lowest BCUT2D eigenvalue weighted by atomic mass is 9.94. The van der Waals surface area contributed by atoms with Crippen LogP contribution in [0.3, 0.4) is 0 Å². The average molecular weight is 628 g/mol. The number of fused-ring (bicyclic) bond motifs is 3. The predicted octanol–water partition coefficient (Wildman–Crippen LogP) is 11.8. The molecule has 0 N–H and O–H groups in total. The van der Waals surface area contributed by atoms with Crippen LogP contribution in [0.4, 0.5) is 0 Å². The molecule has 0 spiro atoms. The van der Waals surface area contributed by atoms with Gasteiger partial charge < -0.3 is 4.42 Å². The van der Waals surface area contributed by atoms with Gasteiger partial charge in [-0.2, -0.15) is 0 Å². The minimum absolute atomic E-state index is 0.602. The summed E-state index contributed by atoms with van der Waals surface area (Å²) in [6.07, 6.45) is 0. The van der Waals surface area contributed by atoms with Crippen LogP contribution >= 0.6 is 0 Å². The van der Waals surface area contributed by atoms with E-state index in [1.54, 1.807) is 0 Å². The number of hydrogen-bond acceptors (Lipinski definition) is 4. The first kappa shape index (κ1) is 28.6. The summed E-state index contributed by atoms with van der Waals surface area (Å²) in [6.45, 7) is 0. The van der Waals surface area contributed by atoms with Crippen molar-refractivity contribution in [1.82, 2.24) is 15.0 Å². The molecular formula is C45H29N3O. The number of nitrogens with zero attached hydrogens (tertiary/aromatic N) is 3. The Morgan fingerprint density at radius 1 is 0.306 bits per heavy atom. The summed E-state index contributed by atoms with van der Waals surface area (Å²) in [5.74, 6) is 1.83. The van der Waals surface area contributed by atoms with Crippen LogP contribution in [0.15, 0.2) is 180 Å². The van der Waals surface area contributed by atoms with Crippen LogP contribution < -0.4 is 0 Å². The predicted molar refractivity (Wildman–Crippen MR) is 200 cm³/mol. The van der Waals surface area contributed by atoms with Gasteiger partial charge in [0.2, 0.25) is 0 Å². The standard InChI is InChI=1S/C45H29N3O/c1-4-12-30(13-5-1)32-20-24-35(25-21-32)43-46-44(36-26-22-33(23-27-36)31-14-6-2-7-15-31)48-45(47-43)38-28-29-40-42(37-18-10-11-19-39(37)49-40)41(38)34-16-8-3-9-17-34/h1-29H. The van der Waals surface area contributed by atoms with Gasteiger partial charge in [-0.3, -0.25) is 0 Å². The van der Waals surface area contributed by atoms with Crippen molar-refractivity contribution in [1.29, 1.82) is 0 Å². The fraction of sp³-hybridized carbons (Fsp3) is 0. The molecule has 0 aliphatic heterocycles. The average Bonchev–Trinajstić information content (AvgIpc) is 3.57.